The molecule has 1 aliphatic rings. The maximum atomic E-state index is 13.7. The van der Waals surface area contributed by atoms with Crippen LogP contribution in [-0.2, 0) is 24.4 Å². The van der Waals surface area contributed by atoms with E-state index in [4.69, 9.17) is 14.2 Å². The zero-order valence-electron chi connectivity index (χ0n) is 21.7. The molecule has 2 aromatic carbocycles. The van der Waals surface area contributed by atoms with Gasteiger partial charge in [-0.25, -0.2) is 4.79 Å². The SMILES string of the molecule is COc1ccc([C@@H]2OCC(C)(C)n3c(-c4cccc(C)c4)c4c(=O)n(C)c(=O)n(C)c4c32)cc1OC. The molecule has 0 saturated heterocycles. The summed E-state index contributed by atoms with van der Waals surface area (Å²) in [5.74, 6) is 1.19. The summed E-state index contributed by atoms with van der Waals surface area (Å²) in [7, 11) is 6.41. The maximum Gasteiger partial charge on any atom is 0.331 e. The third kappa shape index (κ3) is 3.39. The molecule has 0 saturated carbocycles. The number of methoxy groups -OCH3 is 2. The fourth-order valence-electron chi connectivity index (χ4n) is 5.33. The molecule has 188 valence electrons. The number of nitrogens with zero attached hydrogens (tertiary/aromatic N) is 3. The van der Waals surface area contributed by atoms with Crippen LogP contribution in [-0.4, -0.2) is 34.5 Å². The number of rotatable bonds is 4. The fraction of sp³-hybridized carbons (Fsp3) is 0.357. The molecule has 3 heterocycles. The topological polar surface area (TPSA) is 76.6 Å². The van der Waals surface area contributed by atoms with Crippen LogP contribution < -0.4 is 20.7 Å². The highest BCUT2D eigenvalue weighted by Gasteiger charge is 2.40. The predicted molar refractivity (Wildman–Crippen MR) is 139 cm³/mol. The molecule has 8 heteroatoms. The van der Waals surface area contributed by atoms with Crippen LogP contribution in [0.3, 0.4) is 0 Å². The van der Waals surface area contributed by atoms with E-state index in [1.807, 2.05) is 43.3 Å². The molecule has 36 heavy (non-hydrogen) atoms. The van der Waals surface area contributed by atoms with Crippen molar-refractivity contribution >= 4 is 10.9 Å². The second kappa shape index (κ2) is 8.41. The van der Waals surface area contributed by atoms with Gasteiger partial charge in [0.25, 0.3) is 5.56 Å². The van der Waals surface area contributed by atoms with Gasteiger partial charge in [-0.1, -0.05) is 29.8 Å². The van der Waals surface area contributed by atoms with Gasteiger partial charge in [-0.3, -0.25) is 13.9 Å². The summed E-state index contributed by atoms with van der Waals surface area (Å²) in [4.78, 5) is 26.8. The number of aryl methyl sites for hydroxylation is 2. The van der Waals surface area contributed by atoms with Gasteiger partial charge < -0.3 is 18.8 Å². The molecule has 5 rings (SSSR count). The van der Waals surface area contributed by atoms with Crippen molar-refractivity contribution in [3.63, 3.8) is 0 Å². The summed E-state index contributed by atoms with van der Waals surface area (Å²) in [6.07, 6.45) is -0.531. The first-order valence-corrected chi connectivity index (χ1v) is 11.9. The Morgan fingerprint density at radius 2 is 1.69 bits per heavy atom. The van der Waals surface area contributed by atoms with Gasteiger partial charge in [0.1, 0.15) is 6.10 Å². The maximum absolute atomic E-state index is 13.7. The molecule has 0 spiro atoms. The van der Waals surface area contributed by atoms with E-state index in [0.29, 0.717) is 29.0 Å². The smallest absolute Gasteiger partial charge is 0.331 e. The van der Waals surface area contributed by atoms with Crippen LogP contribution in [0.15, 0.2) is 52.1 Å². The zero-order chi connectivity index (χ0) is 25.9. The van der Waals surface area contributed by atoms with Gasteiger partial charge in [0, 0.05) is 14.1 Å². The molecule has 0 unspecified atom stereocenters. The minimum atomic E-state index is -0.531. The fourth-order valence-corrected chi connectivity index (χ4v) is 5.33. The third-order valence-electron chi connectivity index (χ3n) is 7.07. The number of fused-ring (bicyclic) bond motifs is 3. The van der Waals surface area contributed by atoms with Crippen molar-refractivity contribution in [1.82, 2.24) is 13.7 Å². The van der Waals surface area contributed by atoms with Crippen LogP contribution in [0.5, 0.6) is 11.5 Å². The zero-order valence-corrected chi connectivity index (χ0v) is 21.7. The van der Waals surface area contributed by atoms with Gasteiger partial charge >= 0.3 is 5.69 Å². The van der Waals surface area contributed by atoms with Gasteiger partial charge in [-0.05, 0) is 50.1 Å². The van der Waals surface area contributed by atoms with E-state index in [9.17, 15) is 9.59 Å². The van der Waals surface area contributed by atoms with Crippen LogP contribution in [0.2, 0.25) is 0 Å². The van der Waals surface area contributed by atoms with E-state index in [-0.39, 0.29) is 11.2 Å². The highest BCUT2D eigenvalue weighted by Crippen LogP contribution is 2.46. The van der Waals surface area contributed by atoms with E-state index in [0.717, 1.165) is 28.1 Å². The van der Waals surface area contributed by atoms with Crippen molar-refractivity contribution in [3.8, 4) is 22.8 Å². The average molecular weight is 490 g/mol. The lowest BCUT2D eigenvalue weighted by Crippen LogP contribution is -2.40. The van der Waals surface area contributed by atoms with Crippen LogP contribution in [0.4, 0.5) is 0 Å². The molecule has 2 aromatic heterocycles. The third-order valence-corrected chi connectivity index (χ3v) is 7.07. The Hall–Kier alpha value is -3.78. The normalized spacial score (nSPS) is 16.7. The van der Waals surface area contributed by atoms with E-state index in [1.165, 1.54) is 11.6 Å². The second-order valence-corrected chi connectivity index (χ2v) is 9.99. The summed E-state index contributed by atoms with van der Waals surface area (Å²) in [6, 6.07) is 13.8. The van der Waals surface area contributed by atoms with Gasteiger partial charge in [0.05, 0.1) is 48.7 Å². The van der Waals surface area contributed by atoms with E-state index >= 15 is 0 Å². The van der Waals surface area contributed by atoms with Crippen molar-refractivity contribution in [2.45, 2.75) is 32.4 Å². The largest absolute Gasteiger partial charge is 0.493 e. The first-order valence-electron chi connectivity index (χ1n) is 11.9. The lowest BCUT2D eigenvalue weighted by atomic mass is 9.97. The van der Waals surface area contributed by atoms with Crippen LogP contribution in [0.1, 0.15) is 36.8 Å². The molecule has 0 aliphatic carbocycles. The highest BCUT2D eigenvalue weighted by molar-refractivity contribution is 5.97. The Balaban J connectivity index is 1.96. The summed E-state index contributed by atoms with van der Waals surface area (Å²) in [5.41, 5.74) is 3.78. The molecule has 0 N–H and O–H groups in total. The Bertz CT molecular complexity index is 1620. The van der Waals surface area contributed by atoms with Crippen LogP contribution in [0, 0.1) is 6.92 Å². The van der Waals surface area contributed by atoms with Crippen LogP contribution >= 0.6 is 0 Å². The van der Waals surface area contributed by atoms with E-state index in [1.54, 1.807) is 25.8 Å². The quantitative estimate of drug-likeness (QED) is 0.435. The number of hydrogen-bond donors (Lipinski definition) is 0. The van der Waals surface area contributed by atoms with Crippen molar-refractivity contribution < 1.29 is 14.2 Å². The van der Waals surface area contributed by atoms with Gasteiger partial charge in [0.15, 0.2) is 11.5 Å². The van der Waals surface area contributed by atoms with Crippen molar-refractivity contribution in [1.29, 1.82) is 0 Å². The first kappa shape index (κ1) is 23.9. The summed E-state index contributed by atoms with van der Waals surface area (Å²) < 4.78 is 22.4. The molecule has 0 bridgehead atoms. The minimum Gasteiger partial charge on any atom is -0.493 e. The molecule has 0 amide bonds. The molecule has 8 nitrogen and oxygen atoms in total. The molecular weight excluding hydrogens is 458 g/mol. The van der Waals surface area contributed by atoms with Crippen molar-refractivity contribution in [3.05, 3.63) is 80.1 Å². The van der Waals surface area contributed by atoms with Gasteiger partial charge in [-0.15, -0.1) is 0 Å². The van der Waals surface area contributed by atoms with Gasteiger partial charge in [-0.2, -0.15) is 0 Å². The Morgan fingerprint density at radius 1 is 0.972 bits per heavy atom. The Morgan fingerprint density at radius 3 is 2.36 bits per heavy atom. The molecule has 4 aromatic rings. The number of ether oxygens (including phenoxy) is 3. The van der Waals surface area contributed by atoms with E-state index < -0.39 is 11.6 Å². The first-order chi connectivity index (χ1) is 17.1. The lowest BCUT2D eigenvalue weighted by Gasteiger charge is -2.39. The summed E-state index contributed by atoms with van der Waals surface area (Å²) in [5, 5.41) is 0.504. The minimum absolute atomic E-state index is 0.326. The molecule has 0 radical (unpaired) electrons. The number of benzene rings is 2. The monoisotopic (exact) mass is 489 g/mol. The average Bonchev–Trinajstić information content (AvgIpc) is 3.23. The Kier molecular flexibility index (Phi) is 5.59. The molecule has 1 atom stereocenters. The Labute approximate surface area is 209 Å². The highest BCUT2D eigenvalue weighted by atomic mass is 16.5. The van der Waals surface area contributed by atoms with Crippen molar-refractivity contribution in [2.24, 2.45) is 14.1 Å². The number of hydrogen-bond acceptors (Lipinski definition) is 5. The molecule has 1 aliphatic heterocycles. The van der Waals surface area contributed by atoms with E-state index in [2.05, 4.69) is 24.5 Å². The standard InChI is InChI=1S/C28H31N3O5/c1-16-9-8-10-17(13-16)22-21-23(29(4)27(33)30(5)26(21)32)24-25(36-15-28(2,3)31(22)24)18-11-12-19(34-6)20(14-18)35-7/h8-14,25H,15H2,1-7H3/t25-/m0/s1. The van der Waals surface area contributed by atoms with Gasteiger partial charge in [0.2, 0.25) is 0 Å². The van der Waals surface area contributed by atoms with Crippen LogP contribution in [0.25, 0.3) is 22.2 Å². The molecule has 0 fully saturated rings. The summed E-state index contributed by atoms with van der Waals surface area (Å²) in [6.45, 7) is 6.61. The lowest BCUT2D eigenvalue weighted by molar-refractivity contribution is -0.00716. The predicted octanol–water partition coefficient (Wildman–Crippen LogP) is 3.89. The second-order valence-electron chi connectivity index (χ2n) is 9.99. The van der Waals surface area contributed by atoms with Crippen molar-refractivity contribution in [2.75, 3.05) is 20.8 Å². The molecular formula is C28H31N3O5. The number of aromatic nitrogens is 3. The summed E-state index contributed by atoms with van der Waals surface area (Å²) >= 11 is 0.